The molecule has 0 aliphatic rings. The first kappa shape index (κ1) is 92.0. The molecule has 1 aromatic heterocycles. The predicted molar refractivity (Wildman–Crippen MR) is 399 cm³/mol. The molecule has 3 atom stereocenters. The highest BCUT2D eigenvalue weighted by Gasteiger charge is 2.31. The summed E-state index contributed by atoms with van der Waals surface area (Å²) in [5.41, 5.74) is 8.20. The van der Waals surface area contributed by atoms with Gasteiger partial charge in [-0.2, -0.15) is 0 Å². The molecular weight excluding hydrogens is 1420 g/mol. The van der Waals surface area contributed by atoms with Gasteiger partial charge in [0.15, 0.2) is 11.6 Å². The number of amides is 15. The Bertz CT molecular complexity index is 3750. The number of nitrogens with zero attached hydrogens (tertiary/aromatic N) is 10. The van der Waals surface area contributed by atoms with Crippen molar-refractivity contribution in [1.82, 2.24) is 75.3 Å². The fourth-order valence-electron chi connectivity index (χ4n) is 10.6. The maximum Gasteiger partial charge on any atom is 0.312 e. The number of nitrogens with one attached hydrogen (secondary N) is 5. The molecule has 0 saturated carbocycles. The minimum Gasteiger partial charge on any atom is -0.461 e. The van der Waals surface area contributed by atoms with E-state index in [1.54, 1.807) is 58.2 Å². The van der Waals surface area contributed by atoms with Crippen LogP contribution in [0, 0.1) is 17.8 Å². The normalized spacial score (nSPS) is 11.7. The number of ether oxygens (including phenoxy) is 1. The Kier molecular flexibility index (Phi) is 38.4. The van der Waals surface area contributed by atoms with E-state index in [1.165, 1.54) is 77.4 Å². The van der Waals surface area contributed by atoms with Crippen molar-refractivity contribution in [1.29, 1.82) is 0 Å². The second kappa shape index (κ2) is 45.5. The average molecular weight is 1530 g/mol. The zero-order chi connectivity index (χ0) is 82.1. The lowest BCUT2D eigenvalue weighted by molar-refractivity contribution is -0.148. The quantitative estimate of drug-likeness (QED) is 0.0283. The van der Waals surface area contributed by atoms with Crippen molar-refractivity contribution >= 4 is 117 Å². The molecule has 3 aromatic rings. The van der Waals surface area contributed by atoms with Gasteiger partial charge in [-0.1, -0.05) is 70.2 Å². The number of carbonyl (C=O) groups excluding carboxylic acids is 18. The molecule has 1 heterocycles. The Balaban J connectivity index is 1.42. The van der Waals surface area contributed by atoms with Gasteiger partial charge < -0.3 is 85.7 Å². The van der Waals surface area contributed by atoms with Crippen molar-refractivity contribution in [2.24, 2.45) is 23.5 Å². The van der Waals surface area contributed by atoms with Gasteiger partial charge in [-0.15, -0.1) is 0 Å². The smallest absolute Gasteiger partial charge is 0.312 e. The average Bonchev–Trinajstić information content (AvgIpc) is 1.69. The molecule has 0 fully saturated rings. The molecule has 2 aromatic carbocycles. The van der Waals surface area contributed by atoms with Crippen molar-refractivity contribution in [3.8, 4) is 0 Å². The van der Waals surface area contributed by atoms with E-state index in [-0.39, 0.29) is 119 Å². The van der Waals surface area contributed by atoms with E-state index >= 15 is 0 Å². The van der Waals surface area contributed by atoms with Gasteiger partial charge in [-0.25, -0.2) is 4.79 Å². The van der Waals surface area contributed by atoms with Crippen LogP contribution in [0.5, 0.6) is 0 Å². The zero-order valence-corrected chi connectivity index (χ0v) is 65.4. The Hall–Kier alpha value is -11.2. The Labute approximate surface area is 635 Å². The number of Topliss-reactive ketones (excluding diaryl/α,β-unsaturated/α-hetero) is 3. The van der Waals surface area contributed by atoms with Crippen LogP contribution in [-0.4, -0.2) is 321 Å². The standard InChI is InChI=1S/C74H110N16O19/c1-47(2)71(105)49(5)79-60(94)36-81(6)62(96)38-83(8)64(98)40-85(10)66(100)42-87(12)68(102)44-89(14)70(104)45-90(15)69(103)43-88(13)67(101)41-86(11)65(99)39-84(9)63(97)37-82(7)61(95)29-31-76-59(93)24-18-20-54(91)34-52(33-53-35-78-56-22-17-16-21-55(53)56)72(106)80-57(23-19-30-77-74(75)108)58(92)32-50-25-27-51(28-26-50)46-109-73(107)48(3)4/h16-17,21-22,25-28,35,47-49,52,57,78H,18-20,23-24,29-34,36-46H2,1-15H3,(H,76,93)(H,79,94)(H,80,106)(H3,75,77,108)/t49-,52+,57-/m0/s1. The summed E-state index contributed by atoms with van der Waals surface area (Å²) in [4.78, 5) is 247. The second-order valence-electron chi connectivity index (χ2n) is 28.0. The van der Waals surface area contributed by atoms with Crippen molar-refractivity contribution in [2.75, 3.05) is 149 Å². The van der Waals surface area contributed by atoms with Gasteiger partial charge in [0, 0.05) is 145 Å². The topological polar surface area (TPSA) is 439 Å². The van der Waals surface area contributed by atoms with E-state index in [4.69, 9.17) is 10.5 Å². The van der Waals surface area contributed by atoms with Crippen LogP contribution in [0.1, 0.15) is 96.3 Å². The number of benzene rings is 2. The molecule has 0 spiro atoms. The number of carbonyl (C=O) groups is 18. The van der Waals surface area contributed by atoms with Gasteiger partial charge in [-0.3, -0.25) is 81.5 Å². The van der Waals surface area contributed by atoms with Crippen molar-refractivity contribution < 1.29 is 91.0 Å². The Morgan fingerprint density at radius 1 is 0.450 bits per heavy atom. The van der Waals surface area contributed by atoms with E-state index in [1.807, 2.05) is 24.3 Å². The molecule has 0 aliphatic carbocycles. The van der Waals surface area contributed by atoms with Crippen molar-refractivity contribution in [3.63, 3.8) is 0 Å². The maximum atomic E-state index is 14.3. The number of likely N-dealkylation sites (N-methyl/N-ethyl adjacent to an activating group) is 10. The predicted octanol–water partition coefficient (Wildman–Crippen LogP) is -1.28. The second-order valence-corrected chi connectivity index (χ2v) is 28.0. The number of primary amides is 1. The molecule has 35 heteroatoms. The van der Waals surface area contributed by atoms with E-state index in [0.29, 0.717) is 5.56 Å². The molecule has 0 bridgehead atoms. The Morgan fingerprint density at radius 3 is 1.30 bits per heavy atom. The zero-order valence-electron chi connectivity index (χ0n) is 65.4. The number of esters is 1. The molecule has 35 nitrogen and oxygen atoms in total. The molecule has 7 N–H and O–H groups in total. The first-order valence-corrected chi connectivity index (χ1v) is 35.8. The van der Waals surface area contributed by atoms with Crippen LogP contribution >= 0.6 is 0 Å². The SMILES string of the molecule is CC(C)C(=O)OCc1ccc(CC(=O)[C@H](CCCNC(N)=O)NC(=O)[C@@H](CC(=O)CCCC(=O)NCCC(=O)N(C)CC(=O)N(C)CC(=O)N(C)CC(=O)N(C)CC(=O)N(C)CC(=O)N(C)CC(=O)N(C)CC(=O)N(C)CC(=O)N(C)CC(=O)N(C)CC(=O)N[C@@H](C)C(=O)C(C)C)Cc2c[nH]c3ccccc23)cc1. The summed E-state index contributed by atoms with van der Waals surface area (Å²) in [5, 5.41) is 11.4. The molecule has 0 aliphatic heterocycles. The molecule has 15 amide bonds. The molecule has 109 heavy (non-hydrogen) atoms. The number of fused-ring (bicyclic) bond motifs is 1. The van der Waals surface area contributed by atoms with Crippen LogP contribution in [0.25, 0.3) is 10.9 Å². The third-order valence-electron chi connectivity index (χ3n) is 17.8. The summed E-state index contributed by atoms with van der Waals surface area (Å²) >= 11 is 0. The number of urea groups is 1. The van der Waals surface area contributed by atoms with E-state index in [2.05, 4.69) is 26.3 Å². The number of aromatic nitrogens is 1. The molecule has 3 rings (SSSR count). The van der Waals surface area contributed by atoms with Crippen molar-refractivity contribution in [3.05, 3.63) is 71.4 Å². The summed E-state index contributed by atoms with van der Waals surface area (Å²) in [5.74, 6) is -10.6. The van der Waals surface area contributed by atoms with Crippen LogP contribution < -0.4 is 27.0 Å². The molecule has 600 valence electrons. The number of ketones is 3. The fourth-order valence-corrected chi connectivity index (χ4v) is 10.6. The summed E-state index contributed by atoms with van der Waals surface area (Å²) < 4.78 is 5.31. The maximum absolute atomic E-state index is 14.3. The minimum atomic E-state index is -1.01. The highest BCUT2D eigenvalue weighted by molar-refractivity contribution is 5.97. The first-order chi connectivity index (χ1) is 51.1. The van der Waals surface area contributed by atoms with E-state index in [0.717, 1.165) is 71.0 Å². The lowest BCUT2D eigenvalue weighted by Crippen LogP contribution is -2.49. The summed E-state index contributed by atoms with van der Waals surface area (Å²) in [7, 11) is 13.2. The van der Waals surface area contributed by atoms with Crippen LogP contribution in [-0.2, 0) is 106 Å². The fraction of sp³-hybridized carbons (Fsp3) is 0.568. The Morgan fingerprint density at radius 2 is 0.872 bits per heavy atom. The minimum absolute atomic E-state index is 0.0568. The summed E-state index contributed by atoms with van der Waals surface area (Å²) in [6, 6.07) is 11.9. The van der Waals surface area contributed by atoms with Crippen molar-refractivity contribution in [2.45, 2.75) is 111 Å². The highest BCUT2D eigenvalue weighted by Crippen LogP contribution is 2.24. The lowest BCUT2D eigenvalue weighted by Gasteiger charge is -2.27. The lowest BCUT2D eigenvalue weighted by atomic mass is 9.90. The number of para-hydroxylation sites is 1. The van der Waals surface area contributed by atoms with E-state index < -0.39 is 160 Å². The number of aromatic amines is 1. The number of hydrogen-bond donors (Lipinski definition) is 6. The molecule has 0 saturated heterocycles. The molecule has 0 radical (unpaired) electrons. The number of rotatable bonds is 46. The number of nitrogens with two attached hydrogens (primary N) is 1. The van der Waals surface area contributed by atoms with Crippen LogP contribution in [0.4, 0.5) is 4.79 Å². The van der Waals surface area contributed by atoms with Gasteiger partial charge in [0.05, 0.1) is 83.4 Å². The van der Waals surface area contributed by atoms with Crippen LogP contribution in [0.3, 0.4) is 0 Å². The molecular formula is C74H110N16O19. The third kappa shape index (κ3) is 32.8. The van der Waals surface area contributed by atoms with Gasteiger partial charge in [0.2, 0.25) is 76.8 Å². The van der Waals surface area contributed by atoms with Crippen LogP contribution in [0.15, 0.2) is 54.7 Å². The van der Waals surface area contributed by atoms with Crippen LogP contribution in [0.2, 0.25) is 0 Å². The molecule has 0 unspecified atom stereocenters. The summed E-state index contributed by atoms with van der Waals surface area (Å²) in [6.07, 6.45) is 1.75. The largest absolute Gasteiger partial charge is 0.461 e. The number of hydrogen-bond acceptors (Lipinski definition) is 19. The third-order valence-corrected chi connectivity index (χ3v) is 17.8. The number of H-pyrrole nitrogens is 1. The highest BCUT2D eigenvalue weighted by atomic mass is 16.5. The first-order valence-electron chi connectivity index (χ1n) is 35.8. The summed E-state index contributed by atoms with van der Waals surface area (Å²) in [6.45, 7) is 3.74. The van der Waals surface area contributed by atoms with Gasteiger partial charge >= 0.3 is 12.0 Å². The van der Waals surface area contributed by atoms with Gasteiger partial charge in [0.25, 0.3) is 0 Å². The van der Waals surface area contributed by atoms with Gasteiger partial charge in [-0.05, 0) is 55.4 Å². The van der Waals surface area contributed by atoms with Gasteiger partial charge in [0.1, 0.15) is 12.4 Å². The van der Waals surface area contributed by atoms with E-state index in [9.17, 15) is 86.3 Å². The monoisotopic (exact) mass is 1530 g/mol.